The molecule has 0 saturated carbocycles. The number of nitrogens with two attached hydrogens (primary N) is 1. The molecule has 1 aromatic heterocycles. The summed E-state index contributed by atoms with van der Waals surface area (Å²) in [6, 6.07) is 0. The summed E-state index contributed by atoms with van der Waals surface area (Å²) in [7, 11) is 0. The second kappa shape index (κ2) is 5.11. The molecule has 1 heterocycles. The van der Waals surface area contributed by atoms with E-state index >= 15 is 0 Å². The van der Waals surface area contributed by atoms with Crippen molar-refractivity contribution in [2.24, 2.45) is 5.73 Å². The predicted octanol–water partition coefficient (Wildman–Crippen LogP) is 1.12. The van der Waals surface area contributed by atoms with Crippen molar-refractivity contribution in [1.82, 2.24) is 15.0 Å². The van der Waals surface area contributed by atoms with E-state index in [1.165, 1.54) is 10.9 Å². The lowest BCUT2D eigenvalue weighted by Crippen LogP contribution is -2.12. The molecule has 0 aliphatic carbocycles. The molecule has 0 fully saturated rings. The maximum Gasteiger partial charge on any atom is 0.390 e. The molecule has 1 aromatic rings. The first-order valence-corrected chi connectivity index (χ1v) is 4.67. The highest BCUT2D eigenvalue weighted by Gasteiger charge is 2.26. The summed E-state index contributed by atoms with van der Waals surface area (Å²) < 4.78 is 36.8. The van der Waals surface area contributed by atoms with Gasteiger partial charge in [0, 0.05) is 6.20 Å². The summed E-state index contributed by atoms with van der Waals surface area (Å²) in [6.45, 7) is 0.356. The number of rotatable bonds is 5. The lowest BCUT2D eigenvalue weighted by atomic mass is 10.2. The molecule has 15 heavy (non-hydrogen) atoms. The van der Waals surface area contributed by atoms with Gasteiger partial charge in [0.1, 0.15) is 0 Å². The number of halogens is 3. The predicted molar refractivity (Wildman–Crippen MR) is 48.1 cm³/mol. The van der Waals surface area contributed by atoms with Crippen molar-refractivity contribution in [3.8, 4) is 0 Å². The molecule has 2 N–H and O–H groups in total. The van der Waals surface area contributed by atoms with Crippen LogP contribution >= 0.6 is 0 Å². The van der Waals surface area contributed by atoms with Gasteiger partial charge in [0.15, 0.2) is 0 Å². The Kier molecular flexibility index (Phi) is 4.07. The molecule has 0 spiro atoms. The van der Waals surface area contributed by atoms with Gasteiger partial charge in [0.25, 0.3) is 0 Å². The van der Waals surface area contributed by atoms with Crippen molar-refractivity contribution in [2.45, 2.75) is 32.0 Å². The van der Waals surface area contributed by atoms with Crippen molar-refractivity contribution >= 4 is 0 Å². The first-order chi connectivity index (χ1) is 7.01. The Balaban J connectivity index is 2.39. The average molecular weight is 222 g/mol. The van der Waals surface area contributed by atoms with Crippen LogP contribution in [0.5, 0.6) is 0 Å². The van der Waals surface area contributed by atoms with Gasteiger partial charge in [-0.25, -0.2) is 0 Å². The molecule has 0 radical (unpaired) electrons. The smallest absolute Gasteiger partial charge is 0.330 e. The Bertz CT molecular complexity index is 294. The third-order valence-corrected chi connectivity index (χ3v) is 1.85. The lowest BCUT2D eigenvalue weighted by molar-refractivity contribution is -0.137. The van der Waals surface area contributed by atoms with Crippen LogP contribution in [0.1, 0.15) is 18.5 Å². The summed E-state index contributed by atoms with van der Waals surface area (Å²) >= 11 is 0. The molecular weight excluding hydrogens is 209 g/mol. The Morgan fingerprint density at radius 1 is 1.40 bits per heavy atom. The fourth-order valence-electron chi connectivity index (χ4n) is 1.09. The summed E-state index contributed by atoms with van der Waals surface area (Å²) in [5.41, 5.74) is 5.98. The van der Waals surface area contributed by atoms with Crippen LogP contribution in [0.2, 0.25) is 0 Å². The lowest BCUT2D eigenvalue weighted by Gasteiger charge is -2.04. The minimum Gasteiger partial charge on any atom is -0.330 e. The van der Waals surface area contributed by atoms with Crippen LogP contribution in [-0.2, 0) is 13.0 Å². The highest BCUT2D eigenvalue weighted by molar-refractivity contribution is 4.92. The van der Waals surface area contributed by atoms with E-state index in [0.29, 0.717) is 18.7 Å². The second-order valence-electron chi connectivity index (χ2n) is 3.23. The molecule has 0 amide bonds. The zero-order chi connectivity index (χ0) is 11.3. The number of hydrogen-bond acceptors (Lipinski definition) is 3. The fourth-order valence-corrected chi connectivity index (χ4v) is 1.09. The van der Waals surface area contributed by atoms with Crippen LogP contribution in [-0.4, -0.2) is 27.7 Å². The van der Waals surface area contributed by atoms with Crippen molar-refractivity contribution in [2.75, 3.05) is 6.54 Å². The van der Waals surface area contributed by atoms with E-state index in [4.69, 9.17) is 5.73 Å². The third-order valence-electron chi connectivity index (χ3n) is 1.85. The first kappa shape index (κ1) is 12.0. The Morgan fingerprint density at radius 2 is 2.13 bits per heavy atom. The SMILES string of the molecule is NCCCc1cn(CCC(F)(F)F)nn1. The maximum atomic E-state index is 11.9. The van der Waals surface area contributed by atoms with Crippen LogP contribution < -0.4 is 5.73 Å². The first-order valence-electron chi connectivity index (χ1n) is 4.67. The molecule has 4 nitrogen and oxygen atoms in total. The Labute approximate surface area is 85.3 Å². The zero-order valence-electron chi connectivity index (χ0n) is 8.17. The zero-order valence-corrected chi connectivity index (χ0v) is 8.17. The summed E-state index contributed by atoms with van der Waals surface area (Å²) in [5.74, 6) is 0. The molecule has 1 rings (SSSR count). The van der Waals surface area contributed by atoms with Crippen LogP contribution in [0, 0.1) is 0 Å². The van der Waals surface area contributed by atoms with E-state index in [9.17, 15) is 13.2 Å². The molecule has 86 valence electrons. The number of hydrogen-bond donors (Lipinski definition) is 1. The minimum absolute atomic E-state index is 0.181. The van der Waals surface area contributed by atoms with Gasteiger partial charge in [0.05, 0.1) is 18.7 Å². The maximum absolute atomic E-state index is 11.9. The van der Waals surface area contributed by atoms with Gasteiger partial charge < -0.3 is 5.73 Å². The molecule has 0 unspecified atom stereocenters. The van der Waals surface area contributed by atoms with E-state index < -0.39 is 12.6 Å². The average Bonchev–Trinajstić information content (AvgIpc) is 2.58. The van der Waals surface area contributed by atoms with Crippen molar-refractivity contribution in [3.05, 3.63) is 11.9 Å². The van der Waals surface area contributed by atoms with Crippen molar-refractivity contribution in [1.29, 1.82) is 0 Å². The van der Waals surface area contributed by atoms with Crippen LogP contribution in [0.15, 0.2) is 6.20 Å². The molecule has 0 aliphatic rings. The van der Waals surface area contributed by atoms with E-state index in [1.807, 2.05) is 0 Å². The van der Waals surface area contributed by atoms with Gasteiger partial charge in [-0.2, -0.15) is 13.2 Å². The fraction of sp³-hybridized carbons (Fsp3) is 0.750. The van der Waals surface area contributed by atoms with Gasteiger partial charge in [-0.3, -0.25) is 4.68 Å². The molecule has 0 bridgehead atoms. The normalized spacial score (nSPS) is 12.0. The van der Waals surface area contributed by atoms with Gasteiger partial charge >= 0.3 is 6.18 Å². The van der Waals surface area contributed by atoms with Crippen LogP contribution in [0.4, 0.5) is 13.2 Å². The van der Waals surface area contributed by atoms with E-state index in [0.717, 1.165) is 6.42 Å². The Hall–Kier alpha value is -1.11. The van der Waals surface area contributed by atoms with Crippen LogP contribution in [0.25, 0.3) is 0 Å². The second-order valence-corrected chi connectivity index (χ2v) is 3.23. The quantitative estimate of drug-likeness (QED) is 0.812. The largest absolute Gasteiger partial charge is 0.390 e. The van der Waals surface area contributed by atoms with Gasteiger partial charge in [-0.15, -0.1) is 5.10 Å². The monoisotopic (exact) mass is 222 g/mol. The molecule has 0 saturated heterocycles. The highest BCUT2D eigenvalue weighted by Crippen LogP contribution is 2.19. The van der Waals surface area contributed by atoms with Gasteiger partial charge in [-0.05, 0) is 19.4 Å². The third kappa shape index (κ3) is 4.78. The number of alkyl halides is 3. The van der Waals surface area contributed by atoms with Crippen LogP contribution in [0.3, 0.4) is 0 Å². The summed E-state index contributed by atoms with van der Waals surface area (Å²) in [5, 5.41) is 7.34. The van der Waals surface area contributed by atoms with E-state index in [1.54, 1.807) is 0 Å². The minimum atomic E-state index is -4.15. The molecule has 0 aromatic carbocycles. The summed E-state index contributed by atoms with van der Waals surface area (Å²) in [6.07, 6.45) is -2.09. The molecule has 7 heteroatoms. The topological polar surface area (TPSA) is 56.7 Å². The van der Waals surface area contributed by atoms with Crippen molar-refractivity contribution in [3.63, 3.8) is 0 Å². The standard InChI is InChI=1S/C8H13F3N4/c9-8(10,11)3-5-15-6-7(13-14-15)2-1-4-12/h6H,1-5,12H2. The number of aromatic nitrogens is 3. The molecule has 0 atom stereocenters. The molecular formula is C8H13F3N4. The van der Waals surface area contributed by atoms with E-state index in [2.05, 4.69) is 10.3 Å². The number of aryl methyl sites for hydroxylation is 2. The molecule has 0 aliphatic heterocycles. The van der Waals surface area contributed by atoms with Gasteiger partial charge in [0.2, 0.25) is 0 Å². The highest BCUT2D eigenvalue weighted by atomic mass is 19.4. The number of nitrogens with zero attached hydrogens (tertiary/aromatic N) is 3. The van der Waals surface area contributed by atoms with Crippen molar-refractivity contribution < 1.29 is 13.2 Å². The van der Waals surface area contributed by atoms with Gasteiger partial charge in [-0.1, -0.05) is 5.21 Å². The Morgan fingerprint density at radius 3 is 2.73 bits per heavy atom. The summed E-state index contributed by atoms with van der Waals surface area (Å²) in [4.78, 5) is 0. The van der Waals surface area contributed by atoms with E-state index in [-0.39, 0.29) is 6.54 Å².